The number of esters is 1. The molecular weight excluding hydrogens is 276 g/mol. The molecule has 0 aliphatic rings. The van der Waals surface area contributed by atoms with Crippen LogP contribution in [0.4, 0.5) is 0 Å². The van der Waals surface area contributed by atoms with Crippen molar-refractivity contribution >= 4 is 39.0 Å². The number of halogens is 1. The Kier molecular flexibility index (Phi) is 3.82. The summed E-state index contributed by atoms with van der Waals surface area (Å²) < 4.78 is 31.1. The highest BCUT2D eigenvalue weighted by Crippen LogP contribution is 2.39. The second kappa shape index (κ2) is 4.60. The fraction of sp³-hybridized carbons (Fsp3) is 0.375. The third kappa shape index (κ3) is 2.87. The maximum atomic E-state index is 11.3. The lowest BCUT2D eigenvalue weighted by Crippen LogP contribution is -2.06. The van der Waals surface area contributed by atoms with Crippen molar-refractivity contribution in [1.29, 1.82) is 0 Å². The van der Waals surface area contributed by atoms with Gasteiger partial charge in [0.15, 0.2) is 5.75 Å². The molecule has 90 valence electrons. The molecule has 0 aromatic carbocycles. The van der Waals surface area contributed by atoms with Crippen LogP contribution in [-0.2, 0) is 14.9 Å². The predicted octanol–water partition coefficient (Wildman–Crippen LogP) is 1.83. The summed E-state index contributed by atoms with van der Waals surface area (Å²) in [7, 11) is -2.46. The molecule has 5 nitrogen and oxygen atoms in total. The molecular formula is C8H9ClO5S2. The van der Waals surface area contributed by atoms with Gasteiger partial charge in [-0.25, -0.2) is 4.79 Å². The average Bonchev–Trinajstić information content (AvgIpc) is 2.42. The smallest absolute Gasteiger partial charge is 0.349 e. The van der Waals surface area contributed by atoms with Crippen molar-refractivity contribution in [2.75, 3.05) is 13.4 Å². The summed E-state index contributed by atoms with van der Waals surface area (Å²) in [6, 6.07) is 0. The van der Waals surface area contributed by atoms with Crippen molar-refractivity contribution in [2.45, 2.75) is 6.92 Å². The molecule has 0 saturated carbocycles. The fourth-order valence-corrected chi connectivity index (χ4v) is 2.90. The van der Waals surface area contributed by atoms with Gasteiger partial charge in [-0.1, -0.05) is 11.6 Å². The molecule has 0 atom stereocenters. The zero-order valence-electron chi connectivity index (χ0n) is 8.74. The minimum atomic E-state index is -3.67. The number of methoxy groups -OCH3 is 1. The Morgan fingerprint density at radius 2 is 2.00 bits per heavy atom. The third-order valence-electron chi connectivity index (χ3n) is 1.58. The van der Waals surface area contributed by atoms with Crippen molar-refractivity contribution in [3.63, 3.8) is 0 Å². The summed E-state index contributed by atoms with van der Waals surface area (Å²) in [5, 5.41) is -0.0419. The highest BCUT2D eigenvalue weighted by molar-refractivity contribution is 7.86. The lowest BCUT2D eigenvalue weighted by atomic mass is 10.4. The Labute approximate surface area is 102 Å². The van der Waals surface area contributed by atoms with Crippen LogP contribution in [-0.4, -0.2) is 27.8 Å². The quantitative estimate of drug-likeness (QED) is 0.626. The van der Waals surface area contributed by atoms with Gasteiger partial charge in [0.05, 0.1) is 13.4 Å². The molecule has 0 aliphatic carbocycles. The summed E-state index contributed by atoms with van der Waals surface area (Å²) in [4.78, 5) is 11.9. The van der Waals surface area contributed by atoms with Crippen molar-refractivity contribution in [3.05, 3.63) is 14.8 Å². The number of carbonyl (C=O) groups excluding carboxylic acids is 1. The lowest BCUT2D eigenvalue weighted by Gasteiger charge is -2.02. The van der Waals surface area contributed by atoms with Gasteiger partial charge in [-0.15, -0.1) is 11.3 Å². The summed E-state index contributed by atoms with van der Waals surface area (Å²) in [6.07, 6.45) is 0.901. The molecule has 1 aromatic rings. The number of rotatable bonds is 3. The van der Waals surface area contributed by atoms with Gasteiger partial charge in [-0.2, -0.15) is 8.42 Å². The maximum Gasteiger partial charge on any atom is 0.349 e. The first-order valence-corrected chi connectivity index (χ1v) is 7.04. The summed E-state index contributed by atoms with van der Waals surface area (Å²) in [6.45, 7) is 1.60. The lowest BCUT2D eigenvalue weighted by molar-refractivity contribution is 0.0606. The van der Waals surface area contributed by atoms with Gasteiger partial charge >= 0.3 is 16.1 Å². The molecule has 0 aliphatic heterocycles. The molecule has 0 unspecified atom stereocenters. The summed E-state index contributed by atoms with van der Waals surface area (Å²) >= 11 is 6.85. The van der Waals surface area contributed by atoms with Crippen LogP contribution in [0.15, 0.2) is 0 Å². The number of ether oxygens (including phenoxy) is 1. The number of aryl methyl sites for hydroxylation is 1. The predicted molar refractivity (Wildman–Crippen MR) is 60.9 cm³/mol. The normalized spacial score (nSPS) is 11.2. The minimum Gasteiger partial charge on any atom is -0.465 e. The SMILES string of the molecule is COC(=O)c1sc(C)c(OS(C)(=O)=O)c1Cl. The van der Waals surface area contributed by atoms with Crippen LogP contribution >= 0.6 is 22.9 Å². The van der Waals surface area contributed by atoms with Crippen LogP contribution in [0.5, 0.6) is 5.75 Å². The molecule has 1 aromatic heterocycles. The highest BCUT2D eigenvalue weighted by Gasteiger charge is 2.23. The van der Waals surface area contributed by atoms with E-state index in [2.05, 4.69) is 8.92 Å². The molecule has 0 radical (unpaired) electrons. The molecule has 8 heteroatoms. The standard InChI is InChI=1S/C8H9ClO5S2/c1-4-6(14-16(3,11)12)5(9)7(15-4)8(10)13-2/h1-3H3. The van der Waals surface area contributed by atoms with Crippen LogP contribution in [0, 0.1) is 6.92 Å². The molecule has 16 heavy (non-hydrogen) atoms. The topological polar surface area (TPSA) is 69.7 Å². The number of hydrogen-bond acceptors (Lipinski definition) is 6. The molecule has 0 bridgehead atoms. The largest absolute Gasteiger partial charge is 0.465 e. The zero-order valence-corrected chi connectivity index (χ0v) is 11.1. The van der Waals surface area contributed by atoms with Crippen LogP contribution in [0.2, 0.25) is 5.02 Å². The van der Waals surface area contributed by atoms with E-state index in [1.165, 1.54) is 7.11 Å². The van der Waals surface area contributed by atoms with Gasteiger partial charge in [0.2, 0.25) is 0 Å². The van der Waals surface area contributed by atoms with Gasteiger partial charge in [-0.05, 0) is 6.92 Å². The van der Waals surface area contributed by atoms with Gasteiger partial charge in [0.1, 0.15) is 9.90 Å². The van der Waals surface area contributed by atoms with Crippen molar-refractivity contribution in [3.8, 4) is 5.75 Å². The van der Waals surface area contributed by atoms with Gasteiger partial charge in [0.25, 0.3) is 0 Å². The first-order valence-electron chi connectivity index (χ1n) is 4.03. The fourth-order valence-electron chi connectivity index (χ4n) is 0.973. The minimum absolute atomic E-state index is 0.0189. The molecule has 1 heterocycles. The Balaban J connectivity index is 3.22. The van der Waals surface area contributed by atoms with E-state index in [0.717, 1.165) is 17.6 Å². The molecule has 0 saturated heterocycles. The van der Waals surface area contributed by atoms with Gasteiger partial charge in [0, 0.05) is 4.88 Å². The van der Waals surface area contributed by atoms with Crippen LogP contribution in [0.25, 0.3) is 0 Å². The monoisotopic (exact) mass is 284 g/mol. The first-order chi connectivity index (χ1) is 7.26. The summed E-state index contributed by atoms with van der Waals surface area (Å²) in [5.41, 5.74) is 0. The van der Waals surface area contributed by atoms with Crippen LogP contribution < -0.4 is 4.18 Å². The van der Waals surface area contributed by atoms with Crippen molar-refractivity contribution in [1.82, 2.24) is 0 Å². The second-order valence-corrected chi connectivity index (χ2v) is 6.09. The summed E-state index contributed by atoms with van der Waals surface area (Å²) in [5.74, 6) is -0.643. The van der Waals surface area contributed by atoms with E-state index >= 15 is 0 Å². The molecule has 1 rings (SSSR count). The highest BCUT2D eigenvalue weighted by atomic mass is 35.5. The Bertz CT molecular complexity index is 517. The van der Waals surface area contributed by atoms with Gasteiger partial charge in [-0.3, -0.25) is 0 Å². The Morgan fingerprint density at radius 1 is 1.44 bits per heavy atom. The van der Waals surface area contributed by atoms with E-state index in [9.17, 15) is 13.2 Å². The van der Waals surface area contributed by atoms with E-state index < -0.39 is 16.1 Å². The second-order valence-electron chi connectivity index (χ2n) is 2.91. The first kappa shape index (κ1) is 13.3. The van der Waals surface area contributed by atoms with Gasteiger partial charge < -0.3 is 8.92 Å². The molecule has 0 N–H and O–H groups in total. The number of thiophene rings is 1. The van der Waals surface area contributed by atoms with Crippen LogP contribution in [0.3, 0.4) is 0 Å². The van der Waals surface area contributed by atoms with E-state index in [1.807, 2.05) is 0 Å². The van der Waals surface area contributed by atoms with Crippen molar-refractivity contribution in [2.24, 2.45) is 0 Å². The molecule has 0 spiro atoms. The third-order valence-corrected chi connectivity index (χ3v) is 3.59. The number of hydrogen-bond donors (Lipinski definition) is 0. The Morgan fingerprint density at radius 3 is 2.44 bits per heavy atom. The van der Waals surface area contributed by atoms with E-state index in [4.69, 9.17) is 11.6 Å². The molecule has 0 fully saturated rings. The maximum absolute atomic E-state index is 11.3. The molecule has 0 amide bonds. The zero-order chi connectivity index (χ0) is 12.5. The van der Waals surface area contributed by atoms with E-state index in [0.29, 0.717) is 4.88 Å². The average molecular weight is 285 g/mol. The Hall–Kier alpha value is -0.790. The van der Waals surface area contributed by atoms with E-state index in [-0.39, 0.29) is 15.6 Å². The van der Waals surface area contributed by atoms with Crippen molar-refractivity contribution < 1.29 is 22.1 Å². The number of carbonyl (C=O) groups is 1. The van der Waals surface area contributed by atoms with E-state index in [1.54, 1.807) is 6.92 Å². The van der Waals surface area contributed by atoms with Crippen LogP contribution in [0.1, 0.15) is 14.5 Å².